The number of anilines is 1. The summed E-state index contributed by atoms with van der Waals surface area (Å²) in [5.41, 5.74) is 1.04. The van der Waals surface area contributed by atoms with Gasteiger partial charge in [0, 0.05) is 19.0 Å². The SMILES string of the molecule is CCC(C(=O)NC=O)c1ccc(N2CCC(C=O)CC2)c(F)c1. The first kappa shape index (κ1) is 17.1. The molecule has 1 atom stereocenters. The fourth-order valence-corrected chi connectivity index (χ4v) is 3.00. The van der Waals surface area contributed by atoms with E-state index in [4.69, 9.17) is 0 Å². The summed E-state index contributed by atoms with van der Waals surface area (Å²) in [6.45, 7) is 3.09. The summed E-state index contributed by atoms with van der Waals surface area (Å²) in [6, 6.07) is 4.76. The topological polar surface area (TPSA) is 66.5 Å². The van der Waals surface area contributed by atoms with Crippen LogP contribution in [-0.2, 0) is 14.4 Å². The molecule has 0 radical (unpaired) electrons. The van der Waals surface area contributed by atoms with Crippen molar-refractivity contribution in [3.05, 3.63) is 29.6 Å². The molecule has 0 bridgehead atoms. The van der Waals surface area contributed by atoms with Gasteiger partial charge in [0.2, 0.25) is 12.3 Å². The summed E-state index contributed by atoms with van der Waals surface area (Å²) in [7, 11) is 0. The first-order valence-corrected chi connectivity index (χ1v) is 7.84. The number of rotatable bonds is 6. The molecule has 124 valence electrons. The molecule has 1 aromatic rings. The number of piperidine rings is 1. The van der Waals surface area contributed by atoms with Crippen LogP contribution in [0, 0.1) is 11.7 Å². The standard InChI is InChI=1S/C17H21FN2O3/c1-2-14(17(23)19-11-22)13-3-4-16(15(18)9-13)20-7-5-12(10-21)6-8-20/h3-4,9-12,14H,2,5-8H2,1H3,(H,19,22,23). The minimum Gasteiger partial charge on any atom is -0.369 e. The predicted octanol–water partition coefficient (Wildman–Crippen LogP) is 2.01. The van der Waals surface area contributed by atoms with Crippen LogP contribution in [0.25, 0.3) is 0 Å². The van der Waals surface area contributed by atoms with E-state index in [1.165, 1.54) is 6.07 Å². The van der Waals surface area contributed by atoms with Crippen LogP contribution in [0.5, 0.6) is 0 Å². The second-order valence-corrected chi connectivity index (χ2v) is 5.76. The predicted molar refractivity (Wildman–Crippen MR) is 84.6 cm³/mol. The highest BCUT2D eigenvalue weighted by Gasteiger charge is 2.23. The van der Waals surface area contributed by atoms with Gasteiger partial charge >= 0.3 is 0 Å². The van der Waals surface area contributed by atoms with Crippen LogP contribution in [0.3, 0.4) is 0 Å². The number of halogens is 1. The van der Waals surface area contributed by atoms with Gasteiger partial charge in [0.1, 0.15) is 12.1 Å². The Labute approximate surface area is 134 Å². The summed E-state index contributed by atoms with van der Waals surface area (Å²) >= 11 is 0. The van der Waals surface area contributed by atoms with Crippen LogP contribution < -0.4 is 10.2 Å². The van der Waals surface area contributed by atoms with E-state index in [1.54, 1.807) is 12.1 Å². The lowest BCUT2D eigenvalue weighted by molar-refractivity contribution is -0.126. The summed E-state index contributed by atoms with van der Waals surface area (Å²) in [5, 5.41) is 2.12. The maximum absolute atomic E-state index is 14.4. The van der Waals surface area contributed by atoms with E-state index in [0.29, 0.717) is 37.2 Å². The molecule has 1 saturated heterocycles. The van der Waals surface area contributed by atoms with Gasteiger partial charge in [0.05, 0.1) is 11.6 Å². The van der Waals surface area contributed by atoms with Crippen molar-refractivity contribution in [2.75, 3.05) is 18.0 Å². The van der Waals surface area contributed by atoms with Crippen LogP contribution in [0.4, 0.5) is 10.1 Å². The zero-order valence-corrected chi connectivity index (χ0v) is 13.1. The molecule has 2 rings (SSSR count). The number of hydrogen-bond acceptors (Lipinski definition) is 4. The molecule has 0 spiro atoms. The van der Waals surface area contributed by atoms with E-state index >= 15 is 0 Å². The summed E-state index contributed by atoms with van der Waals surface area (Å²) < 4.78 is 14.4. The Morgan fingerprint density at radius 1 is 1.39 bits per heavy atom. The van der Waals surface area contributed by atoms with Gasteiger partial charge in [0.15, 0.2) is 0 Å². The number of nitrogens with one attached hydrogen (secondary N) is 1. The molecule has 1 unspecified atom stereocenters. The van der Waals surface area contributed by atoms with Crippen LogP contribution in [0.1, 0.15) is 37.7 Å². The Morgan fingerprint density at radius 2 is 2.09 bits per heavy atom. The van der Waals surface area contributed by atoms with Gasteiger partial charge in [0.25, 0.3) is 0 Å². The van der Waals surface area contributed by atoms with Crippen LogP contribution in [0.15, 0.2) is 18.2 Å². The molecule has 1 aliphatic rings. The molecular weight excluding hydrogens is 299 g/mol. The highest BCUT2D eigenvalue weighted by molar-refractivity contribution is 5.91. The Balaban J connectivity index is 2.15. The molecule has 23 heavy (non-hydrogen) atoms. The van der Waals surface area contributed by atoms with Crippen LogP contribution in [0.2, 0.25) is 0 Å². The smallest absolute Gasteiger partial charge is 0.233 e. The molecule has 1 aromatic carbocycles. The maximum Gasteiger partial charge on any atom is 0.233 e. The molecular formula is C17H21FN2O3. The van der Waals surface area contributed by atoms with Crippen molar-refractivity contribution in [3.63, 3.8) is 0 Å². The van der Waals surface area contributed by atoms with Gasteiger partial charge in [-0.1, -0.05) is 13.0 Å². The van der Waals surface area contributed by atoms with Crippen molar-refractivity contribution in [3.8, 4) is 0 Å². The summed E-state index contributed by atoms with van der Waals surface area (Å²) in [5.74, 6) is -1.31. The normalized spacial score (nSPS) is 16.7. The molecule has 0 aromatic heterocycles. The zero-order valence-electron chi connectivity index (χ0n) is 13.1. The number of aldehydes is 1. The average molecular weight is 320 g/mol. The Bertz CT molecular complexity index is 583. The van der Waals surface area contributed by atoms with Crippen LogP contribution >= 0.6 is 0 Å². The second kappa shape index (κ2) is 7.85. The van der Waals surface area contributed by atoms with Gasteiger partial charge in [-0.2, -0.15) is 0 Å². The van der Waals surface area contributed by atoms with Gasteiger partial charge in [-0.3, -0.25) is 14.9 Å². The zero-order chi connectivity index (χ0) is 16.8. The summed E-state index contributed by atoms with van der Waals surface area (Å²) in [4.78, 5) is 34.9. The van der Waals surface area contributed by atoms with Gasteiger partial charge < -0.3 is 9.69 Å². The van der Waals surface area contributed by atoms with Crippen molar-refractivity contribution >= 4 is 24.3 Å². The highest BCUT2D eigenvalue weighted by atomic mass is 19.1. The summed E-state index contributed by atoms with van der Waals surface area (Å²) in [6.07, 6.45) is 3.23. The van der Waals surface area contributed by atoms with Crippen LogP contribution in [-0.4, -0.2) is 31.7 Å². The number of hydrogen-bond donors (Lipinski definition) is 1. The molecule has 2 amide bonds. The lowest BCUT2D eigenvalue weighted by Crippen LogP contribution is -2.34. The first-order valence-electron chi connectivity index (χ1n) is 7.84. The Morgan fingerprint density at radius 3 is 2.61 bits per heavy atom. The third-order valence-corrected chi connectivity index (χ3v) is 4.37. The average Bonchev–Trinajstić information content (AvgIpc) is 2.56. The quantitative estimate of drug-likeness (QED) is 0.814. The second-order valence-electron chi connectivity index (χ2n) is 5.76. The molecule has 1 N–H and O–H groups in total. The number of carbonyl (C=O) groups is 3. The van der Waals surface area contributed by atoms with E-state index in [0.717, 1.165) is 19.1 Å². The number of imide groups is 1. The van der Waals surface area contributed by atoms with Gasteiger partial charge in [-0.25, -0.2) is 4.39 Å². The molecule has 1 fully saturated rings. The van der Waals surface area contributed by atoms with E-state index in [9.17, 15) is 18.8 Å². The van der Waals surface area contributed by atoms with Crippen molar-refractivity contribution in [1.82, 2.24) is 5.32 Å². The Hall–Kier alpha value is -2.24. The fourth-order valence-electron chi connectivity index (χ4n) is 3.00. The van der Waals surface area contributed by atoms with Crippen molar-refractivity contribution in [2.24, 2.45) is 5.92 Å². The third-order valence-electron chi connectivity index (χ3n) is 4.37. The first-order chi connectivity index (χ1) is 11.1. The molecule has 1 heterocycles. The van der Waals surface area contributed by atoms with Gasteiger partial charge in [-0.05, 0) is 37.0 Å². The van der Waals surface area contributed by atoms with Gasteiger partial charge in [-0.15, -0.1) is 0 Å². The number of amides is 2. The van der Waals surface area contributed by atoms with E-state index in [1.807, 2.05) is 11.8 Å². The van der Waals surface area contributed by atoms with Crippen molar-refractivity contribution in [1.29, 1.82) is 0 Å². The fraction of sp³-hybridized carbons (Fsp3) is 0.471. The molecule has 1 aliphatic heterocycles. The third kappa shape index (κ3) is 3.94. The minimum absolute atomic E-state index is 0.0603. The molecule has 6 heteroatoms. The number of benzene rings is 1. The number of nitrogens with zero attached hydrogens (tertiary/aromatic N) is 1. The largest absolute Gasteiger partial charge is 0.369 e. The van der Waals surface area contributed by atoms with E-state index in [2.05, 4.69) is 5.32 Å². The monoisotopic (exact) mass is 320 g/mol. The van der Waals surface area contributed by atoms with E-state index < -0.39 is 11.8 Å². The maximum atomic E-state index is 14.4. The highest BCUT2D eigenvalue weighted by Crippen LogP contribution is 2.29. The molecule has 0 aliphatic carbocycles. The van der Waals surface area contributed by atoms with E-state index in [-0.39, 0.29) is 11.7 Å². The van der Waals surface area contributed by atoms with Crippen molar-refractivity contribution in [2.45, 2.75) is 32.1 Å². The lowest BCUT2D eigenvalue weighted by atomic mass is 9.94. The number of carbonyl (C=O) groups excluding carboxylic acids is 3. The molecule has 5 nitrogen and oxygen atoms in total. The minimum atomic E-state index is -0.551. The Kier molecular flexibility index (Phi) is 5.84. The van der Waals surface area contributed by atoms with Crippen molar-refractivity contribution < 1.29 is 18.8 Å². The lowest BCUT2D eigenvalue weighted by Gasteiger charge is -2.32. The molecule has 0 saturated carbocycles.